The first-order chi connectivity index (χ1) is 10.6. The number of aliphatic carboxylic acids is 1. The summed E-state index contributed by atoms with van der Waals surface area (Å²) in [6.45, 7) is 3.09. The number of halogens is 1. The van der Waals surface area contributed by atoms with E-state index < -0.39 is 11.4 Å². The predicted molar refractivity (Wildman–Crippen MR) is 86.9 cm³/mol. The summed E-state index contributed by atoms with van der Waals surface area (Å²) in [6, 6.07) is 1.88. The van der Waals surface area contributed by atoms with E-state index >= 15 is 0 Å². The van der Waals surface area contributed by atoms with Crippen molar-refractivity contribution in [3.8, 4) is 11.5 Å². The lowest BCUT2D eigenvalue weighted by molar-refractivity contribution is -0.145. The van der Waals surface area contributed by atoms with Crippen LogP contribution in [0, 0.1) is 0 Å². The SMILES string of the molecule is CCc1c2c(cc(Br)c1C1(C(=O)O)CCCCC1)OCCO2. The van der Waals surface area contributed by atoms with Gasteiger partial charge >= 0.3 is 5.97 Å². The van der Waals surface area contributed by atoms with E-state index in [1.54, 1.807) is 0 Å². The van der Waals surface area contributed by atoms with E-state index in [9.17, 15) is 9.90 Å². The van der Waals surface area contributed by atoms with Crippen LogP contribution in [0.15, 0.2) is 10.5 Å². The lowest BCUT2D eigenvalue weighted by Crippen LogP contribution is -2.39. The molecule has 0 radical (unpaired) electrons. The van der Waals surface area contributed by atoms with Crippen molar-refractivity contribution in [1.29, 1.82) is 0 Å². The molecule has 120 valence electrons. The van der Waals surface area contributed by atoms with Gasteiger partial charge in [0.1, 0.15) is 13.2 Å². The summed E-state index contributed by atoms with van der Waals surface area (Å²) in [5.41, 5.74) is 1.07. The van der Waals surface area contributed by atoms with Crippen LogP contribution in [0.1, 0.15) is 50.2 Å². The molecule has 1 aliphatic carbocycles. The molecule has 2 aliphatic rings. The van der Waals surface area contributed by atoms with E-state index in [2.05, 4.69) is 15.9 Å². The Morgan fingerprint density at radius 2 is 1.95 bits per heavy atom. The third-order valence-electron chi connectivity index (χ3n) is 4.83. The summed E-state index contributed by atoms with van der Waals surface area (Å²) in [4.78, 5) is 12.2. The van der Waals surface area contributed by atoms with Crippen molar-refractivity contribution >= 4 is 21.9 Å². The Morgan fingerprint density at radius 1 is 1.27 bits per heavy atom. The molecule has 1 N–H and O–H groups in total. The maximum Gasteiger partial charge on any atom is 0.314 e. The second-order valence-corrected chi connectivity index (χ2v) is 6.89. The average Bonchev–Trinajstić information content (AvgIpc) is 2.54. The van der Waals surface area contributed by atoms with Gasteiger partial charge in [-0.15, -0.1) is 0 Å². The highest BCUT2D eigenvalue weighted by Crippen LogP contribution is 2.49. The first kappa shape index (κ1) is 15.7. The summed E-state index contributed by atoms with van der Waals surface area (Å²) in [6.07, 6.45) is 5.13. The third-order valence-corrected chi connectivity index (χ3v) is 5.46. The Bertz CT molecular complexity index is 591. The number of carbonyl (C=O) groups is 1. The predicted octanol–water partition coefficient (Wildman–Crippen LogP) is 4.07. The number of carboxylic acid groups (broad SMARTS) is 1. The van der Waals surface area contributed by atoms with Gasteiger partial charge in [-0.05, 0) is 30.9 Å². The highest BCUT2D eigenvalue weighted by molar-refractivity contribution is 9.10. The van der Waals surface area contributed by atoms with Crippen molar-refractivity contribution in [1.82, 2.24) is 0 Å². The number of hydrogen-bond acceptors (Lipinski definition) is 3. The third kappa shape index (κ3) is 2.39. The monoisotopic (exact) mass is 368 g/mol. The number of carboxylic acids is 1. The van der Waals surface area contributed by atoms with Crippen LogP contribution in [-0.2, 0) is 16.6 Å². The van der Waals surface area contributed by atoms with Gasteiger partial charge in [0.25, 0.3) is 0 Å². The first-order valence-corrected chi connectivity index (χ1v) is 8.74. The fourth-order valence-corrected chi connectivity index (χ4v) is 4.63. The molecule has 0 amide bonds. The molecule has 0 bridgehead atoms. The summed E-state index contributed by atoms with van der Waals surface area (Å²) < 4.78 is 12.3. The highest BCUT2D eigenvalue weighted by atomic mass is 79.9. The number of ether oxygens (including phenoxy) is 2. The second kappa shape index (κ2) is 6.11. The lowest BCUT2D eigenvalue weighted by atomic mass is 9.67. The largest absolute Gasteiger partial charge is 0.486 e. The quantitative estimate of drug-likeness (QED) is 0.873. The van der Waals surface area contributed by atoms with Crippen LogP contribution < -0.4 is 9.47 Å². The molecule has 1 fully saturated rings. The van der Waals surface area contributed by atoms with Crippen LogP contribution in [0.4, 0.5) is 0 Å². The molecule has 4 nitrogen and oxygen atoms in total. The molecule has 22 heavy (non-hydrogen) atoms. The Kier molecular flexibility index (Phi) is 4.35. The molecule has 1 aliphatic heterocycles. The van der Waals surface area contributed by atoms with Gasteiger partial charge in [-0.25, -0.2) is 0 Å². The number of hydrogen-bond donors (Lipinski definition) is 1. The van der Waals surface area contributed by atoms with Gasteiger partial charge in [0, 0.05) is 10.0 Å². The molecule has 1 aromatic carbocycles. The molecule has 1 heterocycles. The Labute approximate surface area is 138 Å². The van der Waals surface area contributed by atoms with Crippen molar-refractivity contribution in [3.05, 3.63) is 21.7 Å². The summed E-state index contributed by atoms with van der Waals surface area (Å²) in [5.74, 6) is 0.729. The van der Waals surface area contributed by atoms with Crippen LogP contribution in [0.5, 0.6) is 11.5 Å². The van der Waals surface area contributed by atoms with Crippen molar-refractivity contribution in [2.24, 2.45) is 0 Å². The minimum absolute atomic E-state index is 0.515. The fourth-order valence-electron chi connectivity index (χ4n) is 3.80. The van der Waals surface area contributed by atoms with Gasteiger partial charge in [-0.1, -0.05) is 42.1 Å². The van der Waals surface area contributed by atoms with Crippen molar-refractivity contribution in [3.63, 3.8) is 0 Å². The lowest BCUT2D eigenvalue weighted by Gasteiger charge is -2.37. The summed E-state index contributed by atoms with van der Waals surface area (Å²) >= 11 is 3.61. The average molecular weight is 369 g/mol. The number of benzene rings is 1. The Balaban J connectivity index is 2.22. The van der Waals surface area contributed by atoms with E-state index in [1.807, 2.05) is 13.0 Å². The van der Waals surface area contributed by atoms with Crippen LogP contribution in [0.25, 0.3) is 0 Å². The number of fused-ring (bicyclic) bond motifs is 1. The van der Waals surface area contributed by atoms with Gasteiger partial charge in [0.05, 0.1) is 5.41 Å². The molecule has 5 heteroatoms. The zero-order valence-electron chi connectivity index (χ0n) is 12.8. The van der Waals surface area contributed by atoms with Gasteiger partial charge in [0.2, 0.25) is 0 Å². The molecule has 0 unspecified atom stereocenters. The summed E-state index contributed by atoms with van der Waals surface area (Å²) in [5, 5.41) is 10.00. The first-order valence-electron chi connectivity index (χ1n) is 7.95. The second-order valence-electron chi connectivity index (χ2n) is 6.04. The van der Waals surface area contributed by atoms with Crippen molar-refractivity contribution in [2.45, 2.75) is 50.9 Å². The molecule has 1 aromatic rings. The van der Waals surface area contributed by atoms with Gasteiger partial charge in [-0.3, -0.25) is 4.79 Å². The molecular formula is C17H21BrO4. The van der Waals surface area contributed by atoms with Crippen LogP contribution in [-0.4, -0.2) is 24.3 Å². The smallest absolute Gasteiger partial charge is 0.314 e. The molecule has 0 atom stereocenters. The van der Waals surface area contributed by atoms with Crippen LogP contribution in [0.3, 0.4) is 0 Å². The molecule has 0 spiro atoms. The Hall–Kier alpha value is -1.23. The van der Waals surface area contributed by atoms with Crippen molar-refractivity contribution in [2.75, 3.05) is 13.2 Å². The highest BCUT2D eigenvalue weighted by Gasteiger charge is 2.45. The van der Waals surface area contributed by atoms with E-state index in [-0.39, 0.29) is 0 Å². The van der Waals surface area contributed by atoms with E-state index in [4.69, 9.17) is 9.47 Å². The zero-order chi connectivity index (χ0) is 15.7. The van der Waals surface area contributed by atoms with Crippen molar-refractivity contribution < 1.29 is 19.4 Å². The zero-order valence-corrected chi connectivity index (χ0v) is 14.4. The van der Waals surface area contributed by atoms with E-state index in [0.717, 1.165) is 52.8 Å². The Morgan fingerprint density at radius 3 is 2.59 bits per heavy atom. The van der Waals surface area contributed by atoms with Crippen LogP contribution in [0.2, 0.25) is 0 Å². The molecular weight excluding hydrogens is 348 g/mol. The molecule has 0 aromatic heterocycles. The number of rotatable bonds is 3. The molecule has 3 rings (SSSR count). The molecule has 0 saturated heterocycles. The molecule has 1 saturated carbocycles. The van der Waals surface area contributed by atoms with Gasteiger partial charge in [-0.2, -0.15) is 0 Å². The minimum Gasteiger partial charge on any atom is -0.486 e. The fraction of sp³-hybridized carbons (Fsp3) is 0.588. The maximum absolute atomic E-state index is 12.2. The van der Waals surface area contributed by atoms with Gasteiger partial charge in [0.15, 0.2) is 11.5 Å². The summed E-state index contributed by atoms with van der Waals surface area (Å²) in [7, 11) is 0. The maximum atomic E-state index is 12.2. The standard InChI is InChI=1S/C17H21BrO4/c1-2-11-14(17(16(19)20)6-4-3-5-7-17)12(18)10-13-15(11)22-9-8-21-13/h10H,2-9H2,1H3,(H,19,20). The minimum atomic E-state index is -0.807. The topological polar surface area (TPSA) is 55.8 Å². The van der Waals surface area contributed by atoms with E-state index in [0.29, 0.717) is 26.1 Å². The van der Waals surface area contributed by atoms with Crippen LogP contribution >= 0.6 is 15.9 Å². The normalized spacial score (nSPS) is 19.7. The van der Waals surface area contributed by atoms with Gasteiger partial charge < -0.3 is 14.6 Å². The van der Waals surface area contributed by atoms with E-state index in [1.165, 1.54) is 0 Å².